The van der Waals surface area contributed by atoms with Gasteiger partial charge in [-0.15, -0.1) is 5.10 Å². The van der Waals surface area contributed by atoms with Gasteiger partial charge < -0.3 is 0 Å². The van der Waals surface area contributed by atoms with E-state index < -0.39 is 17.8 Å². The second-order valence-electron chi connectivity index (χ2n) is 3.54. The van der Waals surface area contributed by atoms with E-state index in [-0.39, 0.29) is 0 Å². The molecule has 0 aliphatic carbocycles. The number of nitrogens with one attached hydrogen (secondary N) is 1. The van der Waals surface area contributed by atoms with E-state index in [9.17, 15) is 13.2 Å². The lowest BCUT2D eigenvalue weighted by atomic mass is 10.0. The van der Waals surface area contributed by atoms with Gasteiger partial charge in [-0.2, -0.15) is 13.2 Å². The number of hydrogen-bond acceptors (Lipinski definition) is 5. The molecule has 2 aromatic rings. The highest BCUT2D eigenvalue weighted by atomic mass is 32.1. The Morgan fingerprint density at radius 1 is 1.33 bits per heavy atom. The van der Waals surface area contributed by atoms with Gasteiger partial charge in [0.25, 0.3) is 0 Å². The van der Waals surface area contributed by atoms with Gasteiger partial charge in [-0.05, 0) is 29.2 Å². The molecule has 0 aliphatic heterocycles. The molecule has 0 bridgehead atoms. The number of benzene rings is 1. The Kier molecular flexibility index (Phi) is 3.60. The number of nitrogens with two attached hydrogens (primary N) is 1. The molecule has 2 rings (SSSR count). The van der Waals surface area contributed by atoms with Crippen molar-refractivity contribution >= 4 is 11.5 Å². The van der Waals surface area contributed by atoms with Crippen LogP contribution in [0.2, 0.25) is 0 Å². The van der Waals surface area contributed by atoms with Gasteiger partial charge in [0.05, 0.1) is 22.7 Å². The summed E-state index contributed by atoms with van der Waals surface area (Å²) in [5, 5.41) is 3.64. The van der Waals surface area contributed by atoms with Crippen LogP contribution in [0.3, 0.4) is 0 Å². The Bertz CT molecular complexity index is 512. The van der Waals surface area contributed by atoms with Crippen LogP contribution in [0.4, 0.5) is 13.2 Å². The molecule has 0 aliphatic rings. The van der Waals surface area contributed by atoms with E-state index in [0.29, 0.717) is 10.4 Å². The monoisotopic (exact) mass is 274 g/mol. The van der Waals surface area contributed by atoms with Gasteiger partial charge in [-0.25, -0.2) is 5.43 Å². The summed E-state index contributed by atoms with van der Waals surface area (Å²) < 4.78 is 41.5. The average Bonchev–Trinajstić information content (AvgIpc) is 2.83. The largest absolute Gasteiger partial charge is 0.416 e. The molecular formula is C10H9F3N4S. The summed E-state index contributed by atoms with van der Waals surface area (Å²) in [7, 11) is 0. The minimum absolute atomic E-state index is 0.415. The fourth-order valence-corrected chi connectivity index (χ4v) is 2.13. The summed E-state index contributed by atoms with van der Waals surface area (Å²) >= 11 is 1.08. The standard InChI is InChI=1S/C10H9F3N4S/c11-10(12,13)7-3-1-2-6(4-7)9(16-14)8-5-15-17-18-8/h1-5,9,16H,14H2. The van der Waals surface area contributed by atoms with E-state index >= 15 is 0 Å². The van der Waals surface area contributed by atoms with Crippen LogP contribution < -0.4 is 11.3 Å². The molecule has 1 aromatic heterocycles. The first-order chi connectivity index (χ1) is 8.52. The molecule has 0 amide bonds. The van der Waals surface area contributed by atoms with Gasteiger partial charge >= 0.3 is 6.18 Å². The number of alkyl halides is 3. The zero-order valence-corrected chi connectivity index (χ0v) is 9.79. The van der Waals surface area contributed by atoms with Gasteiger partial charge in [0, 0.05) is 0 Å². The molecule has 4 nitrogen and oxygen atoms in total. The van der Waals surface area contributed by atoms with Gasteiger partial charge in [-0.3, -0.25) is 5.84 Å². The van der Waals surface area contributed by atoms with Crippen molar-refractivity contribution in [2.75, 3.05) is 0 Å². The Morgan fingerprint density at radius 3 is 2.67 bits per heavy atom. The minimum Gasteiger partial charge on any atom is -0.271 e. The lowest BCUT2D eigenvalue weighted by Gasteiger charge is -2.15. The van der Waals surface area contributed by atoms with Crippen molar-refractivity contribution in [3.05, 3.63) is 46.5 Å². The number of rotatable bonds is 3. The summed E-state index contributed by atoms with van der Waals surface area (Å²) in [5.41, 5.74) is 2.17. The summed E-state index contributed by atoms with van der Waals surface area (Å²) in [6.07, 6.45) is -2.91. The minimum atomic E-state index is -4.37. The summed E-state index contributed by atoms with van der Waals surface area (Å²) in [6.45, 7) is 0. The summed E-state index contributed by atoms with van der Waals surface area (Å²) in [4.78, 5) is 0.650. The predicted octanol–water partition coefficient (Wildman–Crippen LogP) is 2.11. The maximum Gasteiger partial charge on any atom is 0.416 e. The van der Waals surface area contributed by atoms with Crippen LogP contribution in [0.25, 0.3) is 0 Å². The van der Waals surface area contributed by atoms with Crippen LogP contribution in [0.1, 0.15) is 22.0 Å². The highest BCUT2D eigenvalue weighted by Crippen LogP contribution is 2.32. The number of halogens is 3. The van der Waals surface area contributed by atoms with Crippen molar-refractivity contribution in [2.45, 2.75) is 12.2 Å². The molecular weight excluding hydrogens is 265 g/mol. The SMILES string of the molecule is NNC(c1cccc(C(F)(F)F)c1)c1cnns1. The zero-order valence-electron chi connectivity index (χ0n) is 8.98. The van der Waals surface area contributed by atoms with E-state index in [1.165, 1.54) is 12.3 Å². The Balaban J connectivity index is 2.38. The Hall–Kier alpha value is -1.51. The highest BCUT2D eigenvalue weighted by Gasteiger charge is 2.31. The first kappa shape index (κ1) is 12.9. The van der Waals surface area contributed by atoms with Crippen LogP contribution in [-0.4, -0.2) is 9.59 Å². The molecule has 96 valence electrons. The lowest BCUT2D eigenvalue weighted by Crippen LogP contribution is -2.28. The molecule has 0 saturated heterocycles. The van der Waals surface area contributed by atoms with Crippen molar-refractivity contribution in [1.29, 1.82) is 0 Å². The maximum absolute atomic E-state index is 12.6. The maximum atomic E-state index is 12.6. The molecule has 0 fully saturated rings. The zero-order chi connectivity index (χ0) is 13.2. The van der Waals surface area contributed by atoms with Gasteiger partial charge in [-0.1, -0.05) is 16.6 Å². The van der Waals surface area contributed by atoms with Crippen molar-refractivity contribution in [1.82, 2.24) is 15.0 Å². The number of hydrogen-bond donors (Lipinski definition) is 2. The number of hydrazine groups is 1. The molecule has 3 N–H and O–H groups in total. The third-order valence-corrected chi connectivity index (χ3v) is 3.10. The smallest absolute Gasteiger partial charge is 0.271 e. The molecule has 1 unspecified atom stereocenters. The van der Waals surface area contributed by atoms with E-state index in [1.54, 1.807) is 6.07 Å². The number of aromatic nitrogens is 2. The van der Waals surface area contributed by atoms with Crippen LogP contribution in [0.5, 0.6) is 0 Å². The Labute approximate surface area is 105 Å². The summed E-state index contributed by atoms with van der Waals surface area (Å²) in [6, 6.07) is 4.44. The molecule has 1 atom stereocenters. The van der Waals surface area contributed by atoms with Crippen LogP contribution >= 0.6 is 11.5 Å². The van der Waals surface area contributed by atoms with E-state index in [2.05, 4.69) is 15.0 Å². The summed E-state index contributed by atoms with van der Waals surface area (Å²) in [5.74, 6) is 5.37. The van der Waals surface area contributed by atoms with E-state index in [0.717, 1.165) is 23.7 Å². The van der Waals surface area contributed by atoms with Crippen LogP contribution in [-0.2, 0) is 6.18 Å². The predicted molar refractivity (Wildman–Crippen MR) is 60.5 cm³/mol. The van der Waals surface area contributed by atoms with E-state index in [4.69, 9.17) is 5.84 Å². The second kappa shape index (κ2) is 5.01. The average molecular weight is 274 g/mol. The van der Waals surface area contributed by atoms with Gasteiger partial charge in [0.15, 0.2) is 0 Å². The third-order valence-electron chi connectivity index (χ3n) is 2.38. The van der Waals surface area contributed by atoms with Crippen molar-refractivity contribution in [2.24, 2.45) is 5.84 Å². The van der Waals surface area contributed by atoms with Gasteiger partial charge in [0.2, 0.25) is 0 Å². The fourth-order valence-electron chi connectivity index (χ4n) is 1.54. The first-order valence-corrected chi connectivity index (χ1v) is 5.70. The quantitative estimate of drug-likeness (QED) is 0.664. The topological polar surface area (TPSA) is 63.8 Å². The molecule has 0 radical (unpaired) electrons. The highest BCUT2D eigenvalue weighted by molar-refractivity contribution is 7.05. The van der Waals surface area contributed by atoms with Crippen LogP contribution in [0, 0.1) is 0 Å². The molecule has 8 heteroatoms. The van der Waals surface area contributed by atoms with E-state index in [1.807, 2.05) is 0 Å². The van der Waals surface area contributed by atoms with Crippen LogP contribution in [0.15, 0.2) is 30.5 Å². The molecule has 0 spiro atoms. The fraction of sp³-hybridized carbons (Fsp3) is 0.200. The number of nitrogens with zero attached hydrogens (tertiary/aromatic N) is 2. The molecule has 1 heterocycles. The first-order valence-electron chi connectivity index (χ1n) is 4.93. The molecule has 1 aromatic carbocycles. The van der Waals surface area contributed by atoms with Crippen molar-refractivity contribution in [3.63, 3.8) is 0 Å². The van der Waals surface area contributed by atoms with Gasteiger partial charge in [0.1, 0.15) is 0 Å². The molecule has 0 saturated carbocycles. The van der Waals surface area contributed by atoms with Crippen molar-refractivity contribution < 1.29 is 13.2 Å². The van der Waals surface area contributed by atoms with Crippen molar-refractivity contribution in [3.8, 4) is 0 Å². The normalized spacial score (nSPS) is 13.6. The third kappa shape index (κ3) is 2.66. The lowest BCUT2D eigenvalue weighted by molar-refractivity contribution is -0.137. The second-order valence-corrected chi connectivity index (χ2v) is 4.36. The Morgan fingerprint density at radius 2 is 2.11 bits per heavy atom. The molecule has 18 heavy (non-hydrogen) atoms.